The molecule has 0 fully saturated rings. The molecule has 2 aromatic carbocycles. The van der Waals surface area contributed by atoms with Crippen LogP contribution < -0.4 is 0 Å². The van der Waals surface area contributed by atoms with Crippen LogP contribution in [0.15, 0.2) is 42.5 Å². The van der Waals surface area contributed by atoms with Gasteiger partial charge in [-0.15, -0.1) is 11.3 Å². The number of fused-ring (bicyclic) bond motifs is 1. The summed E-state index contributed by atoms with van der Waals surface area (Å²) in [4.78, 5) is 4.72. The van der Waals surface area contributed by atoms with Crippen molar-refractivity contribution in [2.45, 2.75) is 12.3 Å². The molecule has 0 saturated carbocycles. The molecule has 3 rings (SSSR count). The van der Waals surface area contributed by atoms with Crippen molar-refractivity contribution in [2.24, 2.45) is 0 Å². The van der Waals surface area contributed by atoms with E-state index in [1.165, 1.54) is 21.4 Å². The fraction of sp³-hybridized carbons (Fsp3) is 0.133. The molecule has 0 unspecified atom stereocenters. The lowest BCUT2D eigenvalue weighted by atomic mass is 10.0. The average Bonchev–Trinajstić information content (AvgIpc) is 2.81. The number of rotatable bonds is 2. The summed E-state index contributed by atoms with van der Waals surface area (Å²) in [6.45, 7) is 2.14. The second kappa shape index (κ2) is 4.82. The van der Waals surface area contributed by atoms with Gasteiger partial charge in [0.1, 0.15) is 5.01 Å². The highest BCUT2D eigenvalue weighted by Crippen LogP contribution is 2.33. The Morgan fingerprint density at radius 3 is 2.67 bits per heavy atom. The standard InChI is InChI=1S/C15H12BrNS/c1-10-7-12(11-5-3-2-4-6-11)15-13(8-10)18-14(9-16)17-15/h2-8H,9H2,1H3. The van der Waals surface area contributed by atoms with Crippen molar-refractivity contribution in [3.63, 3.8) is 0 Å². The molecule has 3 heteroatoms. The molecule has 0 aliphatic carbocycles. The van der Waals surface area contributed by atoms with Gasteiger partial charge in [-0.3, -0.25) is 0 Å². The smallest absolute Gasteiger partial charge is 0.104 e. The first-order valence-corrected chi connectivity index (χ1v) is 7.73. The Morgan fingerprint density at radius 1 is 1.17 bits per heavy atom. The highest BCUT2D eigenvalue weighted by Gasteiger charge is 2.10. The SMILES string of the molecule is Cc1cc(-c2ccccc2)c2nc(CBr)sc2c1. The van der Waals surface area contributed by atoms with Crippen molar-refractivity contribution in [2.75, 3.05) is 0 Å². The van der Waals surface area contributed by atoms with Gasteiger partial charge < -0.3 is 0 Å². The molecule has 1 heterocycles. The van der Waals surface area contributed by atoms with Crippen molar-refractivity contribution in [1.82, 2.24) is 4.98 Å². The molecule has 0 radical (unpaired) electrons. The minimum Gasteiger partial charge on any atom is -0.240 e. The second-order valence-corrected chi connectivity index (χ2v) is 5.94. The van der Waals surface area contributed by atoms with Crippen LogP contribution in [0.3, 0.4) is 0 Å². The molecule has 0 amide bonds. The molecular formula is C15H12BrNS. The molecule has 18 heavy (non-hydrogen) atoms. The Balaban J connectivity index is 2.30. The fourth-order valence-electron chi connectivity index (χ4n) is 2.11. The van der Waals surface area contributed by atoms with E-state index in [9.17, 15) is 0 Å². The molecular weight excluding hydrogens is 306 g/mol. The van der Waals surface area contributed by atoms with Gasteiger partial charge in [0.2, 0.25) is 0 Å². The lowest BCUT2D eigenvalue weighted by Crippen LogP contribution is -1.83. The molecule has 0 bridgehead atoms. The van der Waals surface area contributed by atoms with Crippen LogP contribution in [0.4, 0.5) is 0 Å². The summed E-state index contributed by atoms with van der Waals surface area (Å²) in [7, 11) is 0. The predicted octanol–water partition coefficient (Wildman–Crippen LogP) is 5.17. The number of nitrogens with zero attached hydrogens (tertiary/aromatic N) is 1. The summed E-state index contributed by atoms with van der Waals surface area (Å²) in [5.41, 5.74) is 4.86. The first kappa shape index (κ1) is 11.9. The maximum Gasteiger partial charge on any atom is 0.104 e. The zero-order valence-electron chi connectivity index (χ0n) is 9.98. The van der Waals surface area contributed by atoms with Gasteiger partial charge in [-0.05, 0) is 30.2 Å². The Hall–Kier alpha value is -1.19. The number of hydrogen-bond donors (Lipinski definition) is 0. The van der Waals surface area contributed by atoms with Gasteiger partial charge in [0, 0.05) is 5.56 Å². The second-order valence-electron chi connectivity index (χ2n) is 4.27. The number of halogens is 1. The zero-order valence-corrected chi connectivity index (χ0v) is 12.4. The van der Waals surface area contributed by atoms with E-state index in [-0.39, 0.29) is 0 Å². The van der Waals surface area contributed by atoms with Crippen molar-refractivity contribution in [3.8, 4) is 11.1 Å². The average molecular weight is 318 g/mol. The van der Waals surface area contributed by atoms with Crippen molar-refractivity contribution in [1.29, 1.82) is 0 Å². The Morgan fingerprint density at radius 2 is 1.94 bits per heavy atom. The van der Waals surface area contributed by atoms with Gasteiger partial charge in [0.15, 0.2) is 0 Å². The van der Waals surface area contributed by atoms with E-state index in [1.807, 2.05) is 6.07 Å². The van der Waals surface area contributed by atoms with Crippen molar-refractivity contribution in [3.05, 3.63) is 53.0 Å². The van der Waals surface area contributed by atoms with E-state index in [2.05, 4.69) is 59.3 Å². The van der Waals surface area contributed by atoms with Crippen LogP contribution >= 0.6 is 27.3 Å². The fourth-order valence-corrected chi connectivity index (χ4v) is 3.52. The molecule has 0 aliphatic rings. The first-order valence-electron chi connectivity index (χ1n) is 5.79. The van der Waals surface area contributed by atoms with Crippen molar-refractivity contribution < 1.29 is 0 Å². The number of thiazole rings is 1. The van der Waals surface area contributed by atoms with E-state index in [4.69, 9.17) is 4.98 Å². The number of aryl methyl sites for hydroxylation is 1. The Labute approximate surface area is 119 Å². The molecule has 1 nitrogen and oxygen atoms in total. The maximum absolute atomic E-state index is 4.72. The number of benzene rings is 2. The van der Waals surface area contributed by atoms with E-state index in [1.54, 1.807) is 11.3 Å². The Bertz CT molecular complexity index is 688. The molecule has 3 aromatic rings. The van der Waals surface area contributed by atoms with Crippen LogP contribution in [0, 0.1) is 6.92 Å². The predicted molar refractivity (Wildman–Crippen MR) is 82.4 cm³/mol. The summed E-state index contributed by atoms with van der Waals surface area (Å²) < 4.78 is 1.27. The van der Waals surface area contributed by atoms with Gasteiger partial charge in [0.25, 0.3) is 0 Å². The summed E-state index contributed by atoms with van der Waals surface area (Å²) in [6, 6.07) is 14.9. The third-order valence-electron chi connectivity index (χ3n) is 2.88. The number of alkyl halides is 1. The molecule has 0 aliphatic heterocycles. The van der Waals surface area contributed by atoms with Crippen LogP contribution in [-0.2, 0) is 5.33 Å². The van der Waals surface area contributed by atoms with E-state index in [0.717, 1.165) is 15.9 Å². The maximum atomic E-state index is 4.72. The van der Waals surface area contributed by atoms with Gasteiger partial charge in [0.05, 0.1) is 15.5 Å². The summed E-state index contributed by atoms with van der Waals surface area (Å²) >= 11 is 5.25. The van der Waals surface area contributed by atoms with Gasteiger partial charge >= 0.3 is 0 Å². The zero-order chi connectivity index (χ0) is 12.5. The van der Waals surface area contributed by atoms with Gasteiger partial charge in [-0.2, -0.15) is 0 Å². The third kappa shape index (κ3) is 2.08. The van der Waals surface area contributed by atoms with Crippen LogP contribution in [0.1, 0.15) is 10.6 Å². The normalized spacial score (nSPS) is 11.0. The van der Waals surface area contributed by atoms with Crippen LogP contribution in [0.5, 0.6) is 0 Å². The highest BCUT2D eigenvalue weighted by atomic mass is 79.9. The highest BCUT2D eigenvalue weighted by molar-refractivity contribution is 9.08. The molecule has 0 atom stereocenters. The quantitative estimate of drug-likeness (QED) is 0.594. The lowest BCUT2D eigenvalue weighted by molar-refractivity contribution is 1.32. The monoisotopic (exact) mass is 317 g/mol. The van der Waals surface area contributed by atoms with E-state index < -0.39 is 0 Å². The molecule has 0 saturated heterocycles. The number of hydrogen-bond acceptors (Lipinski definition) is 2. The van der Waals surface area contributed by atoms with Gasteiger partial charge in [-0.1, -0.05) is 46.3 Å². The largest absolute Gasteiger partial charge is 0.240 e. The summed E-state index contributed by atoms with van der Waals surface area (Å²) in [6.07, 6.45) is 0. The summed E-state index contributed by atoms with van der Waals surface area (Å²) in [5, 5.41) is 1.95. The number of aromatic nitrogens is 1. The topological polar surface area (TPSA) is 12.9 Å². The minimum absolute atomic E-state index is 0.819. The van der Waals surface area contributed by atoms with Crippen molar-refractivity contribution >= 4 is 37.5 Å². The van der Waals surface area contributed by atoms with Gasteiger partial charge in [-0.25, -0.2) is 4.98 Å². The van der Waals surface area contributed by atoms with E-state index in [0.29, 0.717) is 0 Å². The van der Waals surface area contributed by atoms with Crippen LogP contribution in [-0.4, -0.2) is 4.98 Å². The first-order chi connectivity index (χ1) is 8.78. The lowest BCUT2D eigenvalue weighted by Gasteiger charge is -2.04. The van der Waals surface area contributed by atoms with Crippen LogP contribution in [0.25, 0.3) is 21.3 Å². The molecule has 1 aromatic heterocycles. The third-order valence-corrected chi connectivity index (χ3v) is 4.79. The molecule has 0 N–H and O–H groups in total. The molecule has 90 valence electrons. The Kier molecular flexibility index (Phi) is 3.18. The van der Waals surface area contributed by atoms with Crippen LogP contribution in [0.2, 0.25) is 0 Å². The van der Waals surface area contributed by atoms with E-state index >= 15 is 0 Å². The summed E-state index contributed by atoms with van der Waals surface area (Å²) in [5.74, 6) is 0. The molecule has 0 spiro atoms. The minimum atomic E-state index is 0.819.